The maximum atomic E-state index is 13.0. The third kappa shape index (κ3) is 4.23. The highest BCUT2D eigenvalue weighted by atomic mass is 32.1. The molecule has 3 rings (SSSR count). The van der Waals surface area contributed by atoms with E-state index in [-0.39, 0.29) is 11.7 Å². The molecular formula is C19H18FN3O2S. The minimum absolute atomic E-state index is 0.184. The lowest BCUT2D eigenvalue weighted by Gasteiger charge is -2.07. The Bertz CT molecular complexity index is 909. The molecule has 0 aliphatic rings. The summed E-state index contributed by atoms with van der Waals surface area (Å²) in [5, 5.41) is 3.70. The Morgan fingerprint density at radius 3 is 2.77 bits per heavy atom. The molecule has 7 heteroatoms. The van der Waals surface area contributed by atoms with Crippen molar-refractivity contribution in [1.82, 2.24) is 15.3 Å². The fourth-order valence-corrected chi connectivity index (χ4v) is 3.53. The fraction of sp³-hybridized carbons (Fsp3) is 0.211. The van der Waals surface area contributed by atoms with Gasteiger partial charge >= 0.3 is 0 Å². The number of methoxy groups -OCH3 is 1. The Kier molecular flexibility index (Phi) is 5.58. The van der Waals surface area contributed by atoms with Crippen molar-refractivity contribution in [2.45, 2.75) is 19.9 Å². The van der Waals surface area contributed by atoms with Crippen molar-refractivity contribution >= 4 is 17.2 Å². The van der Waals surface area contributed by atoms with E-state index in [2.05, 4.69) is 15.3 Å². The molecule has 134 valence electrons. The number of carbonyl (C=O) groups is 1. The summed E-state index contributed by atoms with van der Waals surface area (Å²) >= 11 is 1.35. The van der Waals surface area contributed by atoms with Crippen LogP contribution >= 0.6 is 11.3 Å². The van der Waals surface area contributed by atoms with E-state index in [1.807, 2.05) is 13.0 Å². The van der Waals surface area contributed by atoms with Gasteiger partial charge in [0, 0.05) is 24.7 Å². The van der Waals surface area contributed by atoms with Crippen LogP contribution in [0, 0.1) is 12.7 Å². The second-order valence-corrected chi connectivity index (χ2v) is 6.76. The summed E-state index contributed by atoms with van der Waals surface area (Å²) in [6.07, 6.45) is 2.20. The highest BCUT2D eigenvalue weighted by molar-refractivity contribution is 7.13. The van der Waals surface area contributed by atoms with Gasteiger partial charge in [0.15, 0.2) is 0 Å². The van der Waals surface area contributed by atoms with Crippen LogP contribution in [0.25, 0.3) is 0 Å². The van der Waals surface area contributed by atoms with Crippen LogP contribution in [0.2, 0.25) is 0 Å². The summed E-state index contributed by atoms with van der Waals surface area (Å²) in [5.41, 5.74) is 2.44. The van der Waals surface area contributed by atoms with Gasteiger partial charge in [0.05, 0.1) is 17.8 Å². The molecule has 0 saturated carbocycles. The van der Waals surface area contributed by atoms with Crippen molar-refractivity contribution in [2.24, 2.45) is 0 Å². The number of aryl methyl sites for hydroxylation is 1. The maximum Gasteiger partial charge on any atom is 0.263 e. The number of nitrogens with one attached hydrogen (secondary N) is 1. The van der Waals surface area contributed by atoms with Crippen molar-refractivity contribution < 1.29 is 13.9 Å². The predicted molar refractivity (Wildman–Crippen MR) is 98.0 cm³/mol. The fourth-order valence-electron chi connectivity index (χ4n) is 2.51. The molecule has 0 aliphatic heterocycles. The summed E-state index contributed by atoms with van der Waals surface area (Å²) in [7, 11) is 1.54. The number of carbonyl (C=O) groups excluding carboxylic acids is 1. The molecular weight excluding hydrogens is 353 g/mol. The van der Waals surface area contributed by atoms with Gasteiger partial charge in [0.2, 0.25) is 5.88 Å². The molecule has 5 nitrogen and oxygen atoms in total. The molecule has 26 heavy (non-hydrogen) atoms. The number of rotatable bonds is 6. The number of aromatic nitrogens is 2. The first-order valence-corrected chi connectivity index (χ1v) is 8.85. The van der Waals surface area contributed by atoms with Gasteiger partial charge in [-0.3, -0.25) is 4.79 Å². The smallest absolute Gasteiger partial charge is 0.263 e. The van der Waals surface area contributed by atoms with Crippen LogP contribution in [0.3, 0.4) is 0 Å². The first kappa shape index (κ1) is 18.0. The van der Waals surface area contributed by atoms with Gasteiger partial charge in [-0.1, -0.05) is 18.2 Å². The Morgan fingerprint density at radius 1 is 1.27 bits per heavy atom. The Hall–Kier alpha value is -2.80. The Morgan fingerprint density at radius 2 is 2.04 bits per heavy atom. The second-order valence-electron chi connectivity index (χ2n) is 5.68. The zero-order valence-electron chi connectivity index (χ0n) is 14.5. The lowest BCUT2D eigenvalue weighted by atomic mass is 10.1. The molecule has 2 aromatic heterocycles. The average Bonchev–Trinajstić information content (AvgIpc) is 3.02. The van der Waals surface area contributed by atoms with Gasteiger partial charge in [0.1, 0.15) is 10.7 Å². The van der Waals surface area contributed by atoms with E-state index in [1.165, 1.54) is 23.5 Å². The number of pyridine rings is 1. The zero-order valence-corrected chi connectivity index (χ0v) is 15.3. The number of thiazole rings is 1. The molecule has 0 radical (unpaired) electrons. The van der Waals surface area contributed by atoms with Crippen LogP contribution in [-0.2, 0) is 13.0 Å². The molecule has 0 atom stereocenters. The van der Waals surface area contributed by atoms with Gasteiger partial charge in [-0.25, -0.2) is 14.4 Å². The van der Waals surface area contributed by atoms with Crippen molar-refractivity contribution in [1.29, 1.82) is 0 Å². The normalized spacial score (nSPS) is 10.6. The number of ether oxygens (including phenoxy) is 1. The summed E-state index contributed by atoms with van der Waals surface area (Å²) in [6.45, 7) is 2.13. The second kappa shape index (κ2) is 8.05. The van der Waals surface area contributed by atoms with E-state index in [0.717, 1.165) is 16.1 Å². The van der Waals surface area contributed by atoms with Crippen LogP contribution in [0.1, 0.15) is 31.5 Å². The topological polar surface area (TPSA) is 64.1 Å². The maximum absolute atomic E-state index is 13.0. The minimum Gasteiger partial charge on any atom is -0.481 e. The lowest BCUT2D eigenvalue weighted by molar-refractivity contribution is 0.0954. The molecule has 0 unspecified atom stereocenters. The van der Waals surface area contributed by atoms with Crippen LogP contribution in [0.4, 0.5) is 4.39 Å². The van der Waals surface area contributed by atoms with E-state index in [9.17, 15) is 9.18 Å². The minimum atomic E-state index is -0.269. The van der Waals surface area contributed by atoms with Crippen molar-refractivity contribution in [3.63, 3.8) is 0 Å². The molecule has 3 aromatic rings. The number of amides is 1. The largest absolute Gasteiger partial charge is 0.481 e. The number of benzene rings is 1. The van der Waals surface area contributed by atoms with Gasteiger partial charge in [-0.05, 0) is 30.7 Å². The van der Waals surface area contributed by atoms with E-state index in [4.69, 9.17) is 4.74 Å². The van der Waals surface area contributed by atoms with Crippen LogP contribution in [0.5, 0.6) is 5.88 Å². The zero-order chi connectivity index (χ0) is 18.5. The summed E-state index contributed by atoms with van der Waals surface area (Å²) in [6, 6.07) is 9.94. The predicted octanol–water partition coefficient (Wildman–Crippen LogP) is 3.52. The first-order valence-electron chi connectivity index (χ1n) is 8.03. The molecule has 0 saturated heterocycles. The number of hydrogen-bond donors (Lipinski definition) is 1. The van der Waals surface area contributed by atoms with Gasteiger partial charge < -0.3 is 10.1 Å². The molecule has 0 fully saturated rings. The third-order valence-corrected chi connectivity index (χ3v) is 4.95. The molecule has 1 aromatic carbocycles. The monoisotopic (exact) mass is 371 g/mol. The van der Waals surface area contributed by atoms with Gasteiger partial charge in [-0.15, -0.1) is 11.3 Å². The Labute approximate surface area is 154 Å². The molecule has 1 amide bonds. The average molecular weight is 371 g/mol. The van der Waals surface area contributed by atoms with Crippen molar-refractivity contribution in [3.05, 3.63) is 75.1 Å². The molecule has 1 N–H and O–H groups in total. The van der Waals surface area contributed by atoms with Crippen LogP contribution in [-0.4, -0.2) is 23.0 Å². The standard InChI is InChI=1S/C19H18FN3O2S/c1-12-17(18(24)22-11-14-4-3-9-21-19(14)25-2)26-16(23-12)10-13-5-7-15(20)8-6-13/h3-9H,10-11H2,1-2H3,(H,22,24). The van der Waals surface area contributed by atoms with Crippen LogP contribution < -0.4 is 10.1 Å². The van der Waals surface area contributed by atoms with Gasteiger partial charge in [-0.2, -0.15) is 0 Å². The summed E-state index contributed by atoms with van der Waals surface area (Å²) in [4.78, 5) is 21.6. The summed E-state index contributed by atoms with van der Waals surface area (Å²) < 4.78 is 18.2. The number of hydrogen-bond acceptors (Lipinski definition) is 5. The molecule has 0 aliphatic carbocycles. The van der Waals surface area contributed by atoms with Crippen molar-refractivity contribution in [2.75, 3.05) is 7.11 Å². The summed E-state index contributed by atoms with van der Waals surface area (Å²) in [5.74, 6) is 0.0389. The molecule has 0 spiro atoms. The highest BCUT2D eigenvalue weighted by Crippen LogP contribution is 2.21. The van der Waals surface area contributed by atoms with E-state index in [1.54, 1.807) is 31.5 Å². The van der Waals surface area contributed by atoms with E-state index < -0.39 is 0 Å². The third-order valence-electron chi connectivity index (χ3n) is 3.80. The van der Waals surface area contributed by atoms with Crippen LogP contribution in [0.15, 0.2) is 42.6 Å². The van der Waals surface area contributed by atoms with E-state index in [0.29, 0.717) is 29.4 Å². The number of halogens is 1. The Balaban J connectivity index is 1.68. The van der Waals surface area contributed by atoms with E-state index >= 15 is 0 Å². The first-order chi connectivity index (χ1) is 12.6. The molecule has 0 bridgehead atoms. The van der Waals surface area contributed by atoms with Crippen molar-refractivity contribution in [3.8, 4) is 5.88 Å². The quantitative estimate of drug-likeness (QED) is 0.720. The highest BCUT2D eigenvalue weighted by Gasteiger charge is 2.16. The van der Waals surface area contributed by atoms with Gasteiger partial charge in [0.25, 0.3) is 5.91 Å². The lowest BCUT2D eigenvalue weighted by Crippen LogP contribution is -2.23. The molecule has 2 heterocycles. The number of nitrogens with zero attached hydrogens (tertiary/aromatic N) is 2. The SMILES string of the molecule is COc1ncccc1CNC(=O)c1sc(Cc2ccc(F)cc2)nc1C.